The Morgan fingerprint density at radius 1 is 0.407 bits per heavy atom. The lowest BCUT2D eigenvalue weighted by molar-refractivity contribution is 0.487. The summed E-state index contributed by atoms with van der Waals surface area (Å²) in [7, 11) is 0. The van der Waals surface area contributed by atoms with E-state index in [1.807, 2.05) is 42.5 Å². The lowest BCUT2D eigenvalue weighted by atomic mass is 9.95. The molecular weight excluding hydrogens is 663 g/mol. The molecule has 4 nitrogen and oxygen atoms in total. The summed E-state index contributed by atoms with van der Waals surface area (Å²) in [6.07, 6.45) is 4.30. The summed E-state index contributed by atoms with van der Waals surface area (Å²) >= 11 is 0. The molecule has 0 saturated heterocycles. The molecule has 54 heavy (non-hydrogen) atoms. The van der Waals surface area contributed by atoms with E-state index in [9.17, 15) is 0 Å². The van der Waals surface area contributed by atoms with Gasteiger partial charge >= 0.3 is 0 Å². The fraction of sp³-hybridized carbons (Fsp3) is 0. The minimum Gasteiger partial charge on any atom is -0.455 e. The van der Waals surface area contributed by atoms with Gasteiger partial charge in [-0.05, 0) is 54.1 Å². The molecule has 0 amide bonds. The van der Waals surface area contributed by atoms with E-state index < -0.39 is 0 Å². The molecule has 0 radical (unpaired) electrons. The van der Waals surface area contributed by atoms with Gasteiger partial charge in [0.15, 0.2) is 0 Å². The molecule has 252 valence electrons. The number of para-hydroxylation sites is 6. The molecule has 4 heteroatoms. The molecule has 0 aliphatic carbocycles. The summed E-state index contributed by atoms with van der Waals surface area (Å²) < 4.78 is 22.5. The monoisotopic (exact) mass is 691 g/mol. The molecule has 3 aromatic heterocycles. The third kappa shape index (κ3) is 4.13. The van der Waals surface area contributed by atoms with Gasteiger partial charge in [-0.25, -0.2) is 0 Å². The molecule has 11 aromatic rings. The van der Waals surface area contributed by atoms with Gasteiger partial charge in [0.05, 0.1) is 22.1 Å². The van der Waals surface area contributed by atoms with Crippen molar-refractivity contribution in [1.29, 1.82) is 0 Å². The van der Waals surface area contributed by atoms with Gasteiger partial charge in [0, 0.05) is 54.7 Å². The molecule has 0 fully saturated rings. The summed E-state index contributed by atoms with van der Waals surface area (Å²) in [6.45, 7) is 0. The second kappa shape index (κ2) is 11.1. The van der Waals surface area contributed by atoms with Crippen LogP contribution >= 0.6 is 0 Å². The molecule has 8 aromatic carbocycles. The van der Waals surface area contributed by atoms with Crippen molar-refractivity contribution in [3.8, 4) is 39.4 Å². The van der Waals surface area contributed by atoms with Gasteiger partial charge < -0.3 is 18.1 Å². The summed E-state index contributed by atoms with van der Waals surface area (Å²) in [5.41, 5.74) is 13.0. The van der Waals surface area contributed by atoms with E-state index in [4.69, 9.17) is 13.6 Å². The molecule has 4 heterocycles. The Bertz CT molecular complexity index is 3370. The van der Waals surface area contributed by atoms with Gasteiger partial charge in [0.25, 0.3) is 0 Å². The standard InChI is InChI=1S/C50H29NO3/c1-6-20-44-30(11-1)23-24-31-25-28-43-47(48(31)52-44)39-14-2-5-19-41(39)51(43)42-27-26-32(33-15-9-16-36-34-12-3-7-21-45(34)53-49(33)36)29-40(42)38-18-10-17-37-35-13-4-8-22-46(35)54-50(37)38/h1-29H. The van der Waals surface area contributed by atoms with E-state index in [1.54, 1.807) is 0 Å². The Hall–Kier alpha value is -7.30. The summed E-state index contributed by atoms with van der Waals surface area (Å²) in [6, 6.07) is 57.5. The van der Waals surface area contributed by atoms with Gasteiger partial charge in [-0.1, -0.05) is 127 Å². The molecule has 0 N–H and O–H groups in total. The number of nitrogens with zero attached hydrogens (tertiary/aromatic N) is 1. The van der Waals surface area contributed by atoms with Crippen molar-refractivity contribution in [1.82, 2.24) is 4.57 Å². The predicted molar refractivity (Wildman–Crippen MR) is 222 cm³/mol. The van der Waals surface area contributed by atoms with Gasteiger partial charge in [-0.2, -0.15) is 0 Å². The lowest BCUT2D eigenvalue weighted by Crippen LogP contribution is -1.98. The van der Waals surface area contributed by atoms with Crippen molar-refractivity contribution < 1.29 is 13.6 Å². The smallest absolute Gasteiger partial charge is 0.144 e. The van der Waals surface area contributed by atoms with Crippen LogP contribution in [0.25, 0.3) is 106 Å². The Balaban J connectivity index is 1.17. The second-order valence-electron chi connectivity index (χ2n) is 14.0. The maximum atomic E-state index is 6.82. The van der Waals surface area contributed by atoms with Crippen molar-refractivity contribution in [3.63, 3.8) is 0 Å². The average molecular weight is 692 g/mol. The number of ether oxygens (including phenoxy) is 1. The minimum absolute atomic E-state index is 0.846. The van der Waals surface area contributed by atoms with E-state index in [0.717, 1.165) is 116 Å². The highest BCUT2D eigenvalue weighted by atomic mass is 16.5. The van der Waals surface area contributed by atoms with Gasteiger partial charge in [-0.15, -0.1) is 0 Å². The molecule has 0 unspecified atom stereocenters. The molecule has 0 atom stereocenters. The normalized spacial score (nSPS) is 12.5. The SMILES string of the molecule is C1=Cc2ccc3c(c2Oc2ccccc21)c1ccccc1n3-c1ccc(-c2cccc3c2oc2ccccc23)cc1-c1cccc2c1oc1ccccc12. The summed E-state index contributed by atoms with van der Waals surface area (Å²) in [4.78, 5) is 0. The van der Waals surface area contributed by atoms with E-state index in [2.05, 4.69) is 138 Å². The van der Waals surface area contributed by atoms with Crippen LogP contribution in [0.2, 0.25) is 0 Å². The number of rotatable bonds is 3. The van der Waals surface area contributed by atoms with Crippen molar-refractivity contribution >= 4 is 77.8 Å². The van der Waals surface area contributed by atoms with Gasteiger partial charge in [0.2, 0.25) is 0 Å². The van der Waals surface area contributed by atoms with Crippen LogP contribution in [0.4, 0.5) is 0 Å². The Labute approximate surface area is 309 Å². The van der Waals surface area contributed by atoms with E-state index >= 15 is 0 Å². The number of fused-ring (bicyclic) bond motifs is 12. The van der Waals surface area contributed by atoms with Crippen molar-refractivity contribution in [3.05, 3.63) is 175 Å². The van der Waals surface area contributed by atoms with Crippen molar-refractivity contribution in [2.24, 2.45) is 0 Å². The highest BCUT2D eigenvalue weighted by molar-refractivity contribution is 6.16. The molecule has 0 saturated carbocycles. The maximum absolute atomic E-state index is 6.82. The van der Waals surface area contributed by atoms with Crippen LogP contribution in [0, 0.1) is 0 Å². The fourth-order valence-electron chi connectivity index (χ4n) is 8.59. The van der Waals surface area contributed by atoms with Crippen molar-refractivity contribution in [2.45, 2.75) is 0 Å². The van der Waals surface area contributed by atoms with Crippen LogP contribution in [-0.2, 0) is 0 Å². The number of furan rings is 2. The zero-order chi connectivity index (χ0) is 35.3. The van der Waals surface area contributed by atoms with Gasteiger partial charge in [-0.3, -0.25) is 0 Å². The third-order valence-corrected chi connectivity index (χ3v) is 11.0. The zero-order valence-corrected chi connectivity index (χ0v) is 28.9. The zero-order valence-electron chi connectivity index (χ0n) is 28.9. The van der Waals surface area contributed by atoms with Crippen LogP contribution in [0.5, 0.6) is 11.5 Å². The number of aromatic nitrogens is 1. The number of hydrogen-bond donors (Lipinski definition) is 0. The van der Waals surface area contributed by atoms with E-state index in [0.29, 0.717) is 0 Å². The number of benzene rings is 8. The minimum atomic E-state index is 0.846. The first-order valence-corrected chi connectivity index (χ1v) is 18.3. The Morgan fingerprint density at radius 3 is 1.83 bits per heavy atom. The highest BCUT2D eigenvalue weighted by Crippen LogP contribution is 2.47. The van der Waals surface area contributed by atoms with Crippen LogP contribution in [0.3, 0.4) is 0 Å². The lowest BCUT2D eigenvalue weighted by Gasteiger charge is -2.17. The average Bonchev–Trinajstić information content (AvgIpc) is 3.86. The van der Waals surface area contributed by atoms with Crippen LogP contribution in [0.1, 0.15) is 11.1 Å². The fourth-order valence-corrected chi connectivity index (χ4v) is 8.59. The summed E-state index contributed by atoms with van der Waals surface area (Å²) in [5, 5.41) is 6.61. The molecular formula is C50H29NO3. The third-order valence-electron chi connectivity index (χ3n) is 11.0. The molecule has 1 aliphatic heterocycles. The predicted octanol–water partition coefficient (Wildman–Crippen LogP) is 14.2. The van der Waals surface area contributed by atoms with Crippen molar-refractivity contribution in [2.75, 3.05) is 0 Å². The van der Waals surface area contributed by atoms with Crippen LogP contribution < -0.4 is 4.74 Å². The van der Waals surface area contributed by atoms with Crippen LogP contribution in [-0.4, -0.2) is 4.57 Å². The van der Waals surface area contributed by atoms with Gasteiger partial charge in [0.1, 0.15) is 33.8 Å². The van der Waals surface area contributed by atoms with Crippen LogP contribution in [0.15, 0.2) is 173 Å². The molecule has 0 spiro atoms. The van der Waals surface area contributed by atoms with E-state index in [1.165, 1.54) is 0 Å². The topological polar surface area (TPSA) is 40.4 Å². The first kappa shape index (κ1) is 29.3. The van der Waals surface area contributed by atoms with E-state index in [-0.39, 0.29) is 0 Å². The molecule has 0 bridgehead atoms. The second-order valence-corrected chi connectivity index (χ2v) is 14.0. The Morgan fingerprint density at radius 2 is 1.04 bits per heavy atom. The summed E-state index contributed by atoms with van der Waals surface area (Å²) in [5.74, 6) is 1.70. The Kier molecular flexibility index (Phi) is 6.02. The molecule has 12 rings (SSSR count). The maximum Gasteiger partial charge on any atom is 0.144 e. The largest absolute Gasteiger partial charge is 0.455 e. The quantitative estimate of drug-likeness (QED) is 0.185. The first-order valence-electron chi connectivity index (χ1n) is 18.3. The first-order chi connectivity index (χ1) is 26.8. The highest BCUT2D eigenvalue weighted by Gasteiger charge is 2.24. The molecule has 1 aliphatic rings. The number of hydrogen-bond acceptors (Lipinski definition) is 3.